The summed E-state index contributed by atoms with van der Waals surface area (Å²) in [5, 5.41) is 23.8. The van der Waals surface area contributed by atoms with Crippen LogP contribution in [-0.4, -0.2) is 25.9 Å². The number of nitrogens with one attached hydrogen (secondary N) is 1. The molecule has 0 saturated carbocycles. The van der Waals surface area contributed by atoms with Crippen LogP contribution in [0.3, 0.4) is 0 Å². The second kappa shape index (κ2) is 5.53. The van der Waals surface area contributed by atoms with Gasteiger partial charge in [-0.3, -0.25) is 5.41 Å². The third-order valence-electron chi connectivity index (χ3n) is 3.63. The Bertz CT molecular complexity index is 905. The second-order valence-corrected chi connectivity index (χ2v) is 6.67. The van der Waals surface area contributed by atoms with Gasteiger partial charge in [-0.15, -0.1) is 0 Å². The van der Waals surface area contributed by atoms with Crippen LogP contribution in [-0.2, 0) is 10.0 Å². The molecule has 4 N–H and O–H groups in total. The van der Waals surface area contributed by atoms with Gasteiger partial charge in [-0.05, 0) is 17.7 Å². The molecule has 0 atom stereocenters. The normalized spacial score (nSPS) is 15.3. The van der Waals surface area contributed by atoms with Crippen molar-refractivity contribution in [3.8, 4) is 0 Å². The number of rotatable bonds is 3. The molecule has 6 nitrogen and oxygen atoms in total. The van der Waals surface area contributed by atoms with Crippen molar-refractivity contribution < 1.29 is 13.5 Å². The van der Waals surface area contributed by atoms with Crippen LogP contribution >= 0.6 is 0 Å². The number of hydrogen-bond acceptors (Lipinski definition) is 4. The lowest BCUT2D eigenvalue weighted by atomic mass is 10.1. The molecule has 0 aromatic heterocycles. The molecule has 2 aromatic rings. The van der Waals surface area contributed by atoms with Crippen LogP contribution in [0.25, 0.3) is 5.57 Å². The maximum absolute atomic E-state index is 11.8. The van der Waals surface area contributed by atoms with Gasteiger partial charge in [-0.1, -0.05) is 42.5 Å². The minimum Gasteiger partial charge on any atom is -0.510 e. The van der Waals surface area contributed by atoms with E-state index in [0.29, 0.717) is 11.1 Å². The number of para-hydroxylation sites is 1. The van der Waals surface area contributed by atoms with Crippen LogP contribution in [0.2, 0.25) is 0 Å². The third-order valence-corrected chi connectivity index (χ3v) is 4.59. The van der Waals surface area contributed by atoms with Crippen LogP contribution in [0.1, 0.15) is 5.56 Å². The molecule has 0 radical (unpaired) electrons. The molecule has 0 bridgehead atoms. The van der Waals surface area contributed by atoms with E-state index in [1.165, 1.54) is 11.0 Å². The van der Waals surface area contributed by atoms with E-state index in [9.17, 15) is 13.5 Å². The highest BCUT2D eigenvalue weighted by Gasteiger charge is 2.31. The molecular formula is C16H15N3O3S. The molecule has 0 aliphatic carbocycles. The van der Waals surface area contributed by atoms with Crippen LogP contribution in [0.5, 0.6) is 0 Å². The van der Waals surface area contributed by atoms with Gasteiger partial charge in [0.1, 0.15) is 16.5 Å². The summed E-state index contributed by atoms with van der Waals surface area (Å²) in [6, 6.07) is 15.2. The van der Waals surface area contributed by atoms with Crippen molar-refractivity contribution in [1.29, 1.82) is 5.41 Å². The van der Waals surface area contributed by atoms with Gasteiger partial charge in [0.05, 0.1) is 17.8 Å². The predicted octanol–water partition coefficient (Wildman–Crippen LogP) is 2.10. The first-order valence-corrected chi connectivity index (χ1v) is 8.40. The Morgan fingerprint density at radius 3 is 2.30 bits per heavy atom. The van der Waals surface area contributed by atoms with Gasteiger partial charge in [-0.25, -0.2) is 13.6 Å². The van der Waals surface area contributed by atoms with Crippen molar-refractivity contribution in [1.82, 2.24) is 0 Å². The summed E-state index contributed by atoms with van der Waals surface area (Å²) in [4.78, 5) is 1.35. The van der Waals surface area contributed by atoms with E-state index >= 15 is 0 Å². The molecule has 23 heavy (non-hydrogen) atoms. The van der Waals surface area contributed by atoms with Crippen molar-refractivity contribution in [2.24, 2.45) is 5.14 Å². The number of anilines is 1. The first-order valence-electron chi connectivity index (χ1n) is 6.85. The molecule has 0 spiro atoms. The highest BCUT2D eigenvalue weighted by Crippen LogP contribution is 2.33. The summed E-state index contributed by atoms with van der Waals surface area (Å²) in [5.41, 5.74) is 1.36. The van der Waals surface area contributed by atoms with E-state index in [4.69, 9.17) is 10.5 Å². The quantitative estimate of drug-likeness (QED) is 0.801. The summed E-state index contributed by atoms with van der Waals surface area (Å²) < 4.78 is 23.5. The van der Waals surface area contributed by atoms with Crippen LogP contribution in [0.4, 0.5) is 5.69 Å². The maximum atomic E-state index is 11.8. The highest BCUT2D eigenvalue weighted by atomic mass is 32.2. The van der Waals surface area contributed by atoms with Crippen molar-refractivity contribution in [3.05, 3.63) is 65.9 Å². The number of sulfonamides is 1. The molecule has 1 heterocycles. The van der Waals surface area contributed by atoms with E-state index < -0.39 is 10.0 Å². The summed E-state index contributed by atoms with van der Waals surface area (Å²) >= 11 is 0. The molecule has 3 rings (SSSR count). The molecule has 1 aliphatic heterocycles. The number of hydrogen-bond donors (Lipinski definition) is 3. The van der Waals surface area contributed by atoms with Gasteiger partial charge in [0.15, 0.2) is 0 Å². The fraction of sp³-hybridized carbons (Fsp3) is 0.0625. The van der Waals surface area contributed by atoms with Gasteiger partial charge in [-0.2, -0.15) is 0 Å². The summed E-state index contributed by atoms with van der Waals surface area (Å²) in [5.74, 6) is 0.0511. The van der Waals surface area contributed by atoms with Crippen LogP contribution in [0, 0.1) is 5.41 Å². The molecular weight excluding hydrogens is 314 g/mol. The largest absolute Gasteiger partial charge is 0.510 e. The molecule has 1 aliphatic rings. The Balaban J connectivity index is 2.06. The second-order valence-electron chi connectivity index (χ2n) is 5.14. The first-order chi connectivity index (χ1) is 10.9. The molecule has 0 unspecified atom stereocenters. The average molecular weight is 329 g/mol. The minimum atomic E-state index is -3.93. The Labute approximate surface area is 134 Å². The monoisotopic (exact) mass is 329 g/mol. The van der Waals surface area contributed by atoms with E-state index in [1.54, 1.807) is 30.3 Å². The van der Waals surface area contributed by atoms with E-state index in [2.05, 4.69) is 0 Å². The van der Waals surface area contributed by atoms with E-state index in [1.807, 2.05) is 18.2 Å². The molecule has 2 aromatic carbocycles. The SMILES string of the molecule is N=C1C(c2ccccc2)=C(O)CN1c1ccccc1S(N)(=O)=O. The Hall–Kier alpha value is -2.64. The van der Waals surface area contributed by atoms with Crippen molar-refractivity contribution in [2.45, 2.75) is 4.90 Å². The number of amidine groups is 1. The maximum Gasteiger partial charge on any atom is 0.240 e. The molecule has 118 valence electrons. The fourth-order valence-electron chi connectivity index (χ4n) is 2.61. The first kappa shape index (κ1) is 15.3. The predicted molar refractivity (Wildman–Crippen MR) is 88.9 cm³/mol. The summed E-state index contributed by atoms with van der Waals surface area (Å²) in [6.45, 7) is 0.0234. The average Bonchev–Trinajstić information content (AvgIpc) is 2.82. The number of nitrogens with two attached hydrogens (primary N) is 1. The van der Waals surface area contributed by atoms with E-state index in [0.717, 1.165) is 0 Å². The number of aliphatic hydroxyl groups is 1. The topological polar surface area (TPSA) is 107 Å². The van der Waals surface area contributed by atoms with Crippen molar-refractivity contribution in [2.75, 3.05) is 11.4 Å². The standard InChI is InChI=1S/C16H15N3O3S/c17-16-15(11-6-2-1-3-7-11)13(20)10-19(16)12-8-4-5-9-14(12)23(18,21)22/h1-9,17,20H,10H2,(H2,18,21,22). The Kier molecular flexibility index (Phi) is 3.67. The zero-order chi connectivity index (χ0) is 16.6. The number of benzene rings is 2. The highest BCUT2D eigenvalue weighted by molar-refractivity contribution is 7.89. The van der Waals surface area contributed by atoms with Crippen LogP contribution in [0.15, 0.2) is 65.3 Å². The lowest BCUT2D eigenvalue weighted by molar-refractivity contribution is 0.411. The number of aliphatic hydroxyl groups excluding tert-OH is 1. The number of nitrogens with zero attached hydrogens (tertiary/aromatic N) is 1. The Morgan fingerprint density at radius 1 is 1.04 bits per heavy atom. The van der Waals surface area contributed by atoms with Crippen molar-refractivity contribution >= 4 is 27.1 Å². The Morgan fingerprint density at radius 2 is 1.65 bits per heavy atom. The van der Waals surface area contributed by atoms with Crippen molar-refractivity contribution in [3.63, 3.8) is 0 Å². The van der Waals surface area contributed by atoms with Gasteiger partial charge in [0.25, 0.3) is 0 Å². The molecule has 0 fully saturated rings. The molecule has 0 saturated heterocycles. The van der Waals surface area contributed by atoms with Gasteiger partial charge in [0, 0.05) is 0 Å². The zero-order valence-electron chi connectivity index (χ0n) is 12.1. The van der Waals surface area contributed by atoms with E-state index in [-0.39, 0.29) is 28.7 Å². The van der Waals surface area contributed by atoms with Crippen LogP contribution < -0.4 is 10.0 Å². The van der Waals surface area contributed by atoms with Gasteiger partial charge >= 0.3 is 0 Å². The number of primary sulfonamides is 1. The smallest absolute Gasteiger partial charge is 0.240 e. The minimum absolute atomic E-state index is 0.0189. The molecule has 7 heteroatoms. The molecule has 0 amide bonds. The zero-order valence-corrected chi connectivity index (χ0v) is 12.9. The third kappa shape index (κ3) is 2.71. The summed E-state index contributed by atoms with van der Waals surface area (Å²) in [6.07, 6.45) is 0. The summed E-state index contributed by atoms with van der Waals surface area (Å²) in [7, 11) is -3.93. The van der Waals surface area contributed by atoms with Gasteiger partial charge in [0.2, 0.25) is 10.0 Å². The fourth-order valence-corrected chi connectivity index (χ4v) is 3.35. The lowest BCUT2D eigenvalue weighted by Crippen LogP contribution is -2.28. The van der Waals surface area contributed by atoms with Gasteiger partial charge < -0.3 is 10.0 Å². The lowest BCUT2D eigenvalue weighted by Gasteiger charge is -2.21.